The van der Waals surface area contributed by atoms with Gasteiger partial charge in [-0.2, -0.15) is 0 Å². The van der Waals surface area contributed by atoms with Gasteiger partial charge >= 0.3 is 0 Å². The molecular formula is C16H24N2. The molecule has 2 nitrogen and oxygen atoms in total. The number of hydrogen-bond acceptors (Lipinski definition) is 2. The molecule has 1 N–H and O–H groups in total. The van der Waals surface area contributed by atoms with Crippen molar-refractivity contribution in [3.8, 4) is 0 Å². The zero-order valence-electron chi connectivity index (χ0n) is 11.7. The van der Waals surface area contributed by atoms with Crippen molar-refractivity contribution in [3.05, 3.63) is 30.1 Å². The lowest BCUT2D eigenvalue weighted by Crippen LogP contribution is -2.44. The third-order valence-corrected chi connectivity index (χ3v) is 6.10. The Labute approximate surface area is 110 Å². The summed E-state index contributed by atoms with van der Waals surface area (Å²) in [4.78, 5) is 4.07. The first-order valence-electron chi connectivity index (χ1n) is 7.16. The monoisotopic (exact) mass is 244 g/mol. The van der Waals surface area contributed by atoms with Crippen LogP contribution in [0.5, 0.6) is 0 Å². The van der Waals surface area contributed by atoms with E-state index >= 15 is 0 Å². The Balaban J connectivity index is 1.69. The molecule has 2 aliphatic carbocycles. The molecule has 2 fully saturated rings. The van der Waals surface area contributed by atoms with Crippen molar-refractivity contribution in [2.45, 2.75) is 52.6 Å². The maximum Gasteiger partial charge on any atom is 0.0271 e. The number of hydrogen-bond donors (Lipinski definition) is 1. The van der Waals surface area contributed by atoms with Crippen molar-refractivity contribution in [3.63, 3.8) is 0 Å². The fraction of sp³-hybridized carbons (Fsp3) is 0.688. The van der Waals surface area contributed by atoms with E-state index in [0.717, 1.165) is 12.5 Å². The van der Waals surface area contributed by atoms with Crippen LogP contribution in [-0.4, -0.2) is 11.0 Å². The minimum absolute atomic E-state index is 0.477. The number of fused-ring (bicyclic) bond motifs is 2. The van der Waals surface area contributed by atoms with E-state index in [4.69, 9.17) is 0 Å². The van der Waals surface area contributed by atoms with Crippen LogP contribution < -0.4 is 5.32 Å². The van der Waals surface area contributed by atoms with Gasteiger partial charge in [-0.25, -0.2) is 0 Å². The van der Waals surface area contributed by atoms with E-state index in [0.29, 0.717) is 16.9 Å². The quantitative estimate of drug-likeness (QED) is 0.881. The second kappa shape index (κ2) is 4.06. The van der Waals surface area contributed by atoms with E-state index in [1.807, 2.05) is 12.4 Å². The molecule has 0 amide bonds. The van der Waals surface area contributed by atoms with E-state index in [1.165, 1.54) is 24.8 Å². The van der Waals surface area contributed by atoms with Gasteiger partial charge in [0.25, 0.3) is 0 Å². The lowest BCUT2D eigenvalue weighted by atomic mass is 9.69. The Kier molecular flexibility index (Phi) is 2.74. The Hall–Kier alpha value is -0.890. The number of aromatic nitrogens is 1. The molecule has 0 radical (unpaired) electrons. The van der Waals surface area contributed by atoms with Crippen LogP contribution in [0, 0.1) is 16.7 Å². The second-order valence-electron chi connectivity index (χ2n) is 6.90. The first-order chi connectivity index (χ1) is 8.54. The average Bonchev–Trinajstić information content (AvgIpc) is 2.70. The average molecular weight is 244 g/mol. The van der Waals surface area contributed by atoms with Crippen LogP contribution >= 0.6 is 0 Å². The van der Waals surface area contributed by atoms with Gasteiger partial charge in [-0.3, -0.25) is 4.98 Å². The van der Waals surface area contributed by atoms with Gasteiger partial charge in [0.1, 0.15) is 0 Å². The predicted molar refractivity (Wildman–Crippen MR) is 74.1 cm³/mol. The molecule has 0 spiro atoms. The molecule has 0 saturated heterocycles. The summed E-state index contributed by atoms with van der Waals surface area (Å²) >= 11 is 0. The topological polar surface area (TPSA) is 24.9 Å². The van der Waals surface area contributed by atoms with E-state index in [2.05, 4.69) is 43.2 Å². The van der Waals surface area contributed by atoms with Crippen LogP contribution in [-0.2, 0) is 6.54 Å². The highest BCUT2D eigenvalue weighted by Crippen LogP contribution is 2.65. The van der Waals surface area contributed by atoms with Crippen LogP contribution in [0.15, 0.2) is 24.5 Å². The Morgan fingerprint density at radius 2 is 2.00 bits per heavy atom. The van der Waals surface area contributed by atoms with Gasteiger partial charge in [0, 0.05) is 25.0 Å². The third-order valence-electron chi connectivity index (χ3n) is 6.10. The van der Waals surface area contributed by atoms with Crippen LogP contribution in [0.4, 0.5) is 0 Å². The first-order valence-corrected chi connectivity index (χ1v) is 7.16. The van der Waals surface area contributed by atoms with Crippen LogP contribution in [0.1, 0.15) is 45.6 Å². The summed E-state index contributed by atoms with van der Waals surface area (Å²) in [5.41, 5.74) is 2.32. The second-order valence-corrected chi connectivity index (χ2v) is 6.90. The van der Waals surface area contributed by atoms with Crippen LogP contribution in [0.25, 0.3) is 0 Å². The van der Waals surface area contributed by atoms with Gasteiger partial charge in [-0.15, -0.1) is 0 Å². The maximum absolute atomic E-state index is 4.07. The molecule has 2 aliphatic rings. The van der Waals surface area contributed by atoms with Gasteiger partial charge in [0.15, 0.2) is 0 Å². The minimum atomic E-state index is 0.477. The summed E-state index contributed by atoms with van der Waals surface area (Å²) in [5.74, 6) is 0.914. The summed E-state index contributed by atoms with van der Waals surface area (Å²) in [6.07, 6.45) is 7.93. The van der Waals surface area contributed by atoms with E-state index in [1.54, 1.807) is 0 Å². The molecular weight excluding hydrogens is 220 g/mol. The van der Waals surface area contributed by atoms with E-state index in [9.17, 15) is 0 Å². The molecule has 1 heterocycles. The highest BCUT2D eigenvalue weighted by Gasteiger charge is 2.60. The summed E-state index contributed by atoms with van der Waals surface area (Å²) in [5, 5.41) is 3.80. The lowest BCUT2D eigenvalue weighted by molar-refractivity contribution is 0.120. The minimum Gasteiger partial charge on any atom is -0.309 e. The lowest BCUT2D eigenvalue weighted by Gasteiger charge is -2.39. The van der Waals surface area contributed by atoms with Crippen LogP contribution in [0.2, 0.25) is 0 Å². The number of nitrogens with zero attached hydrogens (tertiary/aromatic N) is 1. The molecule has 0 aliphatic heterocycles. The fourth-order valence-corrected chi connectivity index (χ4v) is 4.25. The molecule has 98 valence electrons. The fourth-order valence-electron chi connectivity index (χ4n) is 4.25. The Bertz CT molecular complexity index is 426. The number of nitrogens with one attached hydrogen (secondary N) is 1. The molecule has 0 aromatic carbocycles. The summed E-state index contributed by atoms with van der Waals surface area (Å²) in [6, 6.07) is 4.89. The van der Waals surface area contributed by atoms with Crippen molar-refractivity contribution in [2.75, 3.05) is 0 Å². The van der Waals surface area contributed by atoms with Gasteiger partial charge in [0.2, 0.25) is 0 Å². The van der Waals surface area contributed by atoms with Crippen molar-refractivity contribution in [1.82, 2.24) is 10.3 Å². The smallest absolute Gasteiger partial charge is 0.0271 e. The van der Waals surface area contributed by atoms with Crippen molar-refractivity contribution in [2.24, 2.45) is 16.7 Å². The van der Waals surface area contributed by atoms with Crippen molar-refractivity contribution >= 4 is 0 Å². The molecule has 1 aromatic rings. The van der Waals surface area contributed by atoms with Crippen LogP contribution in [0.3, 0.4) is 0 Å². The molecule has 2 saturated carbocycles. The molecule has 2 heteroatoms. The van der Waals surface area contributed by atoms with Gasteiger partial charge in [-0.05, 0) is 53.7 Å². The zero-order valence-corrected chi connectivity index (χ0v) is 11.7. The number of rotatable bonds is 3. The highest BCUT2D eigenvalue weighted by molar-refractivity contribution is 5.15. The molecule has 3 rings (SSSR count). The third kappa shape index (κ3) is 1.62. The van der Waals surface area contributed by atoms with Crippen molar-refractivity contribution in [1.29, 1.82) is 0 Å². The summed E-state index contributed by atoms with van der Waals surface area (Å²) in [7, 11) is 0. The molecule has 18 heavy (non-hydrogen) atoms. The van der Waals surface area contributed by atoms with E-state index < -0.39 is 0 Å². The summed E-state index contributed by atoms with van der Waals surface area (Å²) < 4.78 is 0. The normalized spacial score (nSPS) is 37.1. The molecule has 1 aromatic heterocycles. The standard InChI is InChI=1S/C16H24N2/c1-15(2)13-4-7-16(15,3)14(10-13)18-11-12-5-8-17-9-6-12/h5-6,8-9,13-14,18H,4,7,10-11H2,1-3H3. The largest absolute Gasteiger partial charge is 0.309 e. The SMILES string of the molecule is CC1(C)C2CCC1(C)C(NCc1ccncc1)C2. The maximum atomic E-state index is 4.07. The first kappa shape index (κ1) is 12.2. The zero-order chi connectivity index (χ0) is 12.8. The highest BCUT2D eigenvalue weighted by atomic mass is 15.0. The van der Waals surface area contributed by atoms with Gasteiger partial charge in [0.05, 0.1) is 0 Å². The predicted octanol–water partition coefficient (Wildman–Crippen LogP) is 3.39. The molecule has 3 atom stereocenters. The van der Waals surface area contributed by atoms with Gasteiger partial charge < -0.3 is 5.32 Å². The Morgan fingerprint density at radius 3 is 2.56 bits per heavy atom. The summed E-state index contributed by atoms with van der Waals surface area (Å²) in [6.45, 7) is 8.41. The molecule has 2 bridgehead atoms. The molecule has 3 unspecified atom stereocenters. The van der Waals surface area contributed by atoms with Gasteiger partial charge in [-0.1, -0.05) is 20.8 Å². The number of pyridine rings is 1. The van der Waals surface area contributed by atoms with E-state index in [-0.39, 0.29) is 0 Å². The van der Waals surface area contributed by atoms with Crippen molar-refractivity contribution < 1.29 is 0 Å². The Morgan fingerprint density at radius 1 is 1.28 bits per heavy atom.